The molecule has 0 bridgehead atoms. The maximum Gasteiger partial charge on any atom is 0.0809 e. The van der Waals surface area contributed by atoms with E-state index in [9.17, 15) is 0 Å². The van der Waals surface area contributed by atoms with Crippen molar-refractivity contribution >= 4 is 0 Å². The van der Waals surface area contributed by atoms with E-state index in [1.165, 1.54) is 32.1 Å². The van der Waals surface area contributed by atoms with Gasteiger partial charge in [0, 0.05) is 26.9 Å². The highest BCUT2D eigenvalue weighted by molar-refractivity contribution is 4.62. The Balaban J connectivity index is 0.000000146. The number of rotatable bonds is 2. The zero-order valence-corrected chi connectivity index (χ0v) is 9.17. The highest BCUT2D eigenvalue weighted by Gasteiger charge is 2.13. The molecule has 2 aliphatic heterocycles. The molecule has 1 unspecified atom stereocenters. The third-order valence-electron chi connectivity index (χ3n) is 2.45. The number of hydrogen-bond acceptors (Lipinski definition) is 3. The Morgan fingerprint density at radius 2 is 1.86 bits per heavy atom. The van der Waals surface area contributed by atoms with Gasteiger partial charge < -0.3 is 14.2 Å². The highest BCUT2D eigenvalue weighted by Crippen LogP contribution is 2.11. The van der Waals surface area contributed by atoms with Crippen LogP contribution in [0.2, 0.25) is 0 Å². The molecule has 2 aliphatic rings. The maximum absolute atomic E-state index is 5.27. The quantitative estimate of drug-likeness (QED) is 0.685. The Bertz CT molecular complexity index is 106. The molecule has 84 valence electrons. The normalized spacial score (nSPS) is 26.8. The van der Waals surface area contributed by atoms with Crippen LogP contribution in [-0.4, -0.2) is 39.6 Å². The van der Waals surface area contributed by atoms with Crippen LogP contribution in [0.15, 0.2) is 0 Å². The van der Waals surface area contributed by atoms with Crippen molar-refractivity contribution in [1.29, 1.82) is 0 Å². The van der Waals surface area contributed by atoms with E-state index in [1.807, 2.05) is 0 Å². The van der Waals surface area contributed by atoms with E-state index < -0.39 is 0 Å². The fourth-order valence-electron chi connectivity index (χ4n) is 1.65. The highest BCUT2D eigenvalue weighted by atomic mass is 16.5. The summed E-state index contributed by atoms with van der Waals surface area (Å²) < 4.78 is 15.2. The SMILES string of the molecule is C1CCOCC1.COCC1CCCO1. The number of ether oxygens (including phenoxy) is 3. The summed E-state index contributed by atoms with van der Waals surface area (Å²) in [4.78, 5) is 0. The zero-order chi connectivity index (χ0) is 10.1. The molecule has 0 N–H and O–H groups in total. The smallest absolute Gasteiger partial charge is 0.0809 e. The molecule has 0 amide bonds. The maximum atomic E-state index is 5.27. The van der Waals surface area contributed by atoms with Crippen molar-refractivity contribution in [3.05, 3.63) is 0 Å². The monoisotopic (exact) mass is 202 g/mol. The Morgan fingerprint density at radius 1 is 1.07 bits per heavy atom. The largest absolute Gasteiger partial charge is 0.382 e. The second-order valence-electron chi connectivity index (χ2n) is 3.76. The summed E-state index contributed by atoms with van der Waals surface area (Å²) in [5.41, 5.74) is 0. The van der Waals surface area contributed by atoms with Gasteiger partial charge in [-0.05, 0) is 32.1 Å². The lowest BCUT2D eigenvalue weighted by Gasteiger charge is -2.08. The van der Waals surface area contributed by atoms with E-state index >= 15 is 0 Å². The Morgan fingerprint density at radius 3 is 2.21 bits per heavy atom. The molecule has 0 aromatic rings. The van der Waals surface area contributed by atoms with Gasteiger partial charge in [-0.15, -0.1) is 0 Å². The Kier molecular flexibility index (Phi) is 7.01. The minimum Gasteiger partial charge on any atom is -0.382 e. The molecule has 2 rings (SSSR count). The first-order valence-corrected chi connectivity index (χ1v) is 5.62. The van der Waals surface area contributed by atoms with Gasteiger partial charge in [0.05, 0.1) is 12.7 Å². The van der Waals surface area contributed by atoms with Crippen molar-refractivity contribution in [2.45, 2.75) is 38.2 Å². The van der Waals surface area contributed by atoms with Gasteiger partial charge in [-0.2, -0.15) is 0 Å². The molecule has 3 heteroatoms. The predicted octanol–water partition coefficient (Wildman–Crippen LogP) is 2.00. The van der Waals surface area contributed by atoms with Crippen LogP contribution >= 0.6 is 0 Å². The van der Waals surface area contributed by atoms with Crippen molar-refractivity contribution in [2.24, 2.45) is 0 Å². The van der Waals surface area contributed by atoms with E-state index in [2.05, 4.69) is 0 Å². The van der Waals surface area contributed by atoms with Crippen LogP contribution in [0.1, 0.15) is 32.1 Å². The van der Waals surface area contributed by atoms with Gasteiger partial charge >= 0.3 is 0 Å². The van der Waals surface area contributed by atoms with Crippen LogP contribution < -0.4 is 0 Å². The summed E-state index contributed by atoms with van der Waals surface area (Å²) in [7, 11) is 1.71. The minimum atomic E-state index is 0.389. The first-order chi connectivity index (χ1) is 6.93. The van der Waals surface area contributed by atoms with Crippen molar-refractivity contribution in [1.82, 2.24) is 0 Å². The van der Waals surface area contributed by atoms with Crippen molar-refractivity contribution in [3.63, 3.8) is 0 Å². The van der Waals surface area contributed by atoms with Gasteiger partial charge in [0.15, 0.2) is 0 Å². The van der Waals surface area contributed by atoms with Crippen LogP contribution in [0.4, 0.5) is 0 Å². The summed E-state index contributed by atoms with van der Waals surface area (Å²) in [5.74, 6) is 0. The molecule has 0 aromatic heterocycles. The third-order valence-corrected chi connectivity index (χ3v) is 2.45. The molecule has 0 aromatic carbocycles. The lowest BCUT2D eigenvalue weighted by Crippen LogP contribution is -2.11. The molecular formula is C11H22O3. The van der Waals surface area contributed by atoms with Crippen LogP contribution in [0.3, 0.4) is 0 Å². The predicted molar refractivity (Wildman–Crippen MR) is 55.5 cm³/mol. The van der Waals surface area contributed by atoms with Gasteiger partial charge in [0.25, 0.3) is 0 Å². The van der Waals surface area contributed by atoms with E-state index in [4.69, 9.17) is 14.2 Å². The molecule has 2 heterocycles. The Labute approximate surface area is 86.7 Å². The standard InChI is InChI=1S/C6H12O2.C5H10O/c1-7-5-6-3-2-4-8-6;1-2-4-6-5-3-1/h6H,2-5H2,1H3;1-5H2. The first kappa shape index (κ1) is 12.0. The van der Waals surface area contributed by atoms with Crippen molar-refractivity contribution in [2.75, 3.05) is 33.5 Å². The van der Waals surface area contributed by atoms with E-state index in [-0.39, 0.29) is 0 Å². The van der Waals surface area contributed by atoms with Crippen LogP contribution in [0.25, 0.3) is 0 Å². The lowest BCUT2D eigenvalue weighted by atomic mass is 10.2. The van der Waals surface area contributed by atoms with Crippen LogP contribution in [0, 0.1) is 0 Å². The average Bonchev–Trinajstić information content (AvgIpc) is 2.75. The summed E-state index contributed by atoms with van der Waals surface area (Å²) in [6, 6.07) is 0. The summed E-state index contributed by atoms with van der Waals surface area (Å²) in [5, 5.41) is 0. The van der Waals surface area contributed by atoms with E-state index in [0.717, 1.165) is 26.4 Å². The second-order valence-corrected chi connectivity index (χ2v) is 3.76. The topological polar surface area (TPSA) is 27.7 Å². The van der Waals surface area contributed by atoms with Gasteiger partial charge in [0.1, 0.15) is 0 Å². The molecule has 14 heavy (non-hydrogen) atoms. The molecule has 1 atom stereocenters. The first-order valence-electron chi connectivity index (χ1n) is 5.62. The van der Waals surface area contributed by atoms with Gasteiger partial charge in [0.2, 0.25) is 0 Å². The average molecular weight is 202 g/mol. The summed E-state index contributed by atoms with van der Waals surface area (Å²) in [6.07, 6.45) is 6.70. The fraction of sp³-hybridized carbons (Fsp3) is 1.00. The number of hydrogen-bond donors (Lipinski definition) is 0. The molecule has 0 aliphatic carbocycles. The molecular weight excluding hydrogens is 180 g/mol. The number of methoxy groups -OCH3 is 1. The fourth-order valence-corrected chi connectivity index (χ4v) is 1.65. The van der Waals surface area contributed by atoms with E-state index in [1.54, 1.807) is 7.11 Å². The molecule has 0 radical (unpaired) electrons. The Hall–Kier alpha value is -0.120. The molecule has 2 saturated heterocycles. The summed E-state index contributed by atoms with van der Waals surface area (Å²) >= 11 is 0. The third kappa shape index (κ3) is 5.58. The van der Waals surface area contributed by atoms with Crippen molar-refractivity contribution in [3.8, 4) is 0 Å². The van der Waals surface area contributed by atoms with E-state index in [0.29, 0.717) is 6.10 Å². The molecule has 2 fully saturated rings. The molecule has 3 nitrogen and oxygen atoms in total. The second kappa shape index (κ2) is 8.21. The lowest BCUT2D eigenvalue weighted by molar-refractivity contribution is 0.0380. The summed E-state index contributed by atoms with van der Waals surface area (Å²) in [6.45, 7) is 3.69. The van der Waals surface area contributed by atoms with Crippen LogP contribution in [0.5, 0.6) is 0 Å². The minimum absolute atomic E-state index is 0.389. The van der Waals surface area contributed by atoms with Gasteiger partial charge in [-0.25, -0.2) is 0 Å². The van der Waals surface area contributed by atoms with Gasteiger partial charge in [-0.1, -0.05) is 0 Å². The van der Waals surface area contributed by atoms with Crippen molar-refractivity contribution < 1.29 is 14.2 Å². The van der Waals surface area contributed by atoms with Crippen LogP contribution in [-0.2, 0) is 14.2 Å². The molecule has 0 spiro atoms. The van der Waals surface area contributed by atoms with Gasteiger partial charge in [-0.3, -0.25) is 0 Å². The molecule has 0 saturated carbocycles. The zero-order valence-electron chi connectivity index (χ0n) is 9.17.